The Balaban J connectivity index is 1.82. The standard InChI is InChI=1S/C20H21N5O2/c1-12-4-5-13(2)16(10-12)25-19-17(21)18(22-11-23-19)24-15-8-6-14(7-9-15)20(26)27-3/h4-11H,21H2,1-3H3,(H2,22,23,24,25). The number of nitrogens with two attached hydrogens (primary N) is 1. The fraction of sp³-hybridized carbons (Fsp3) is 0.150. The van der Waals surface area contributed by atoms with Crippen molar-refractivity contribution in [1.29, 1.82) is 0 Å². The van der Waals surface area contributed by atoms with E-state index >= 15 is 0 Å². The minimum atomic E-state index is -0.386. The summed E-state index contributed by atoms with van der Waals surface area (Å²) >= 11 is 0. The average molecular weight is 363 g/mol. The normalized spacial score (nSPS) is 10.3. The van der Waals surface area contributed by atoms with Gasteiger partial charge in [0.15, 0.2) is 11.6 Å². The van der Waals surface area contributed by atoms with Crippen molar-refractivity contribution >= 4 is 34.7 Å². The van der Waals surface area contributed by atoms with Gasteiger partial charge in [-0.2, -0.15) is 0 Å². The molecule has 0 fully saturated rings. The van der Waals surface area contributed by atoms with Crippen molar-refractivity contribution in [2.45, 2.75) is 13.8 Å². The number of ether oxygens (including phenoxy) is 1. The predicted octanol–water partition coefficient (Wildman–Crippen LogP) is 3.95. The van der Waals surface area contributed by atoms with Crippen LogP contribution in [-0.2, 0) is 4.74 Å². The average Bonchev–Trinajstić information content (AvgIpc) is 2.67. The molecule has 4 N–H and O–H groups in total. The number of rotatable bonds is 5. The molecule has 1 heterocycles. The third-order valence-electron chi connectivity index (χ3n) is 4.10. The number of aryl methyl sites for hydroxylation is 2. The van der Waals surface area contributed by atoms with Gasteiger partial charge in [0.2, 0.25) is 0 Å². The number of hydrogen-bond acceptors (Lipinski definition) is 7. The monoisotopic (exact) mass is 363 g/mol. The number of nitrogens with zero attached hydrogens (tertiary/aromatic N) is 2. The molecule has 0 bridgehead atoms. The Kier molecular flexibility index (Phi) is 5.21. The van der Waals surface area contributed by atoms with Crippen molar-refractivity contribution in [3.8, 4) is 0 Å². The van der Waals surface area contributed by atoms with Crippen molar-refractivity contribution in [2.75, 3.05) is 23.5 Å². The molecule has 27 heavy (non-hydrogen) atoms. The van der Waals surface area contributed by atoms with Crippen molar-refractivity contribution in [3.05, 3.63) is 65.5 Å². The summed E-state index contributed by atoms with van der Waals surface area (Å²) in [5.41, 5.74) is 11.0. The lowest BCUT2D eigenvalue weighted by molar-refractivity contribution is 0.0601. The minimum Gasteiger partial charge on any atom is -0.465 e. The van der Waals surface area contributed by atoms with E-state index in [0.717, 1.165) is 22.5 Å². The Labute approximate surface area is 157 Å². The summed E-state index contributed by atoms with van der Waals surface area (Å²) < 4.78 is 4.70. The number of benzene rings is 2. The first-order valence-corrected chi connectivity index (χ1v) is 8.38. The van der Waals surface area contributed by atoms with Gasteiger partial charge in [-0.3, -0.25) is 0 Å². The number of hydrogen-bond donors (Lipinski definition) is 3. The van der Waals surface area contributed by atoms with Gasteiger partial charge in [-0.1, -0.05) is 12.1 Å². The van der Waals surface area contributed by atoms with Gasteiger partial charge in [0.1, 0.15) is 12.0 Å². The van der Waals surface area contributed by atoms with Crippen molar-refractivity contribution in [2.24, 2.45) is 0 Å². The maximum absolute atomic E-state index is 11.5. The smallest absolute Gasteiger partial charge is 0.337 e. The van der Waals surface area contributed by atoms with Gasteiger partial charge in [0, 0.05) is 11.4 Å². The van der Waals surface area contributed by atoms with Gasteiger partial charge in [0.25, 0.3) is 0 Å². The van der Waals surface area contributed by atoms with Gasteiger partial charge >= 0.3 is 5.97 Å². The van der Waals surface area contributed by atoms with E-state index in [1.165, 1.54) is 13.4 Å². The van der Waals surface area contributed by atoms with Crippen LogP contribution in [0.2, 0.25) is 0 Å². The van der Waals surface area contributed by atoms with E-state index in [2.05, 4.69) is 26.7 Å². The Hall–Kier alpha value is -3.61. The molecule has 0 radical (unpaired) electrons. The highest BCUT2D eigenvalue weighted by atomic mass is 16.5. The van der Waals surface area contributed by atoms with Gasteiger partial charge in [0.05, 0.1) is 12.7 Å². The lowest BCUT2D eigenvalue weighted by Gasteiger charge is -2.14. The second-order valence-corrected chi connectivity index (χ2v) is 6.12. The summed E-state index contributed by atoms with van der Waals surface area (Å²) in [5, 5.41) is 6.40. The molecule has 7 heteroatoms. The molecule has 0 atom stereocenters. The third-order valence-corrected chi connectivity index (χ3v) is 4.10. The SMILES string of the molecule is COC(=O)c1ccc(Nc2ncnc(Nc3cc(C)ccc3C)c2N)cc1. The van der Waals surface area contributed by atoms with Crippen molar-refractivity contribution in [3.63, 3.8) is 0 Å². The van der Waals surface area contributed by atoms with Crippen LogP contribution in [0.3, 0.4) is 0 Å². The van der Waals surface area contributed by atoms with Gasteiger partial charge in [-0.05, 0) is 55.3 Å². The fourth-order valence-electron chi connectivity index (χ4n) is 2.54. The van der Waals surface area contributed by atoms with Crippen molar-refractivity contribution in [1.82, 2.24) is 9.97 Å². The number of nitrogen functional groups attached to an aromatic ring is 1. The first-order valence-electron chi connectivity index (χ1n) is 8.38. The highest BCUT2D eigenvalue weighted by molar-refractivity contribution is 5.90. The number of esters is 1. The molecule has 0 spiro atoms. The molecular formula is C20H21N5O2. The third kappa shape index (κ3) is 4.14. The topological polar surface area (TPSA) is 102 Å². The maximum atomic E-state index is 11.5. The Morgan fingerprint density at radius 3 is 2.33 bits per heavy atom. The number of anilines is 5. The van der Waals surface area contributed by atoms with Gasteiger partial charge in [-0.15, -0.1) is 0 Å². The second-order valence-electron chi connectivity index (χ2n) is 6.12. The number of carbonyl (C=O) groups excluding carboxylic acids is 1. The minimum absolute atomic E-state index is 0.386. The number of carbonyl (C=O) groups is 1. The molecule has 0 aliphatic heterocycles. The maximum Gasteiger partial charge on any atom is 0.337 e. The van der Waals surface area contributed by atoms with E-state index in [1.54, 1.807) is 24.3 Å². The molecule has 0 aliphatic carbocycles. The van der Waals surface area contributed by atoms with E-state index in [-0.39, 0.29) is 5.97 Å². The van der Waals surface area contributed by atoms with Crippen LogP contribution in [0.1, 0.15) is 21.5 Å². The predicted molar refractivity (Wildman–Crippen MR) is 107 cm³/mol. The summed E-state index contributed by atoms with van der Waals surface area (Å²) in [6.45, 7) is 4.04. The number of nitrogens with one attached hydrogen (secondary N) is 2. The van der Waals surface area contributed by atoms with E-state index in [4.69, 9.17) is 10.5 Å². The van der Waals surface area contributed by atoms with Crippen LogP contribution in [0.25, 0.3) is 0 Å². The highest BCUT2D eigenvalue weighted by Gasteiger charge is 2.11. The van der Waals surface area contributed by atoms with E-state index in [1.807, 2.05) is 26.0 Å². The van der Waals surface area contributed by atoms with Crippen molar-refractivity contribution < 1.29 is 9.53 Å². The lowest BCUT2D eigenvalue weighted by Crippen LogP contribution is -2.06. The van der Waals surface area contributed by atoms with Crippen LogP contribution in [0, 0.1) is 13.8 Å². The van der Waals surface area contributed by atoms with E-state index in [9.17, 15) is 4.79 Å². The molecule has 1 aromatic heterocycles. The number of aromatic nitrogens is 2. The summed E-state index contributed by atoms with van der Waals surface area (Å²) in [7, 11) is 1.35. The van der Waals surface area contributed by atoms with Crippen LogP contribution in [-0.4, -0.2) is 23.0 Å². The molecule has 3 aromatic rings. The summed E-state index contributed by atoms with van der Waals surface area (Å²) in [5.74, 6) is 0.610. The highest BCUT2D eigenvalue weighted by Crippen LogP contribution is 2.29. The fourth-order valence-corrected chi connectivity index (χ4v) is 2.54. The molecule has 7 nitrogen and oxygen atoms in total. The van der Waals surface area contributed by atoms with E-state index < -0.39 is 0 Å². The molecule has 0 amide bonds. The molecule has 138 valence electrons. The Morgan fingerprint density at radius 2 is 1.67 bits per heavy atom. The quantitative estimate of drug-likeness (QED) is 0.590. The Morgan fingerprint density at radius 1 is 1.00 bits per heavy atom. The zero-order chi connectivity index (χ0) is 19.4. The zero-order valence-electron chi connectivity index (χ0n) is 15.4. The molecule has 0 saturated carbocycles. The molecule has 3 rings (SSSR count). The largest absolute Gasteiger partial charge is 0.465 e. The summed E-state index contributed by atoms with van der Waals surface area (Å²) in [6.07, 6.45) is 1.44. The van der Waals surface area contributed by atoms with Crippen LogP contribution in [0.5, 0.6) is 0 Å². The van der Waals surface area contributed by atoms with Crippen LogP contribution < -0.4 is 16.4 Å². The van der Waals surface area contributed by atoms with Crippen LogP contribution in [0.4, 0.5) is 28.7 Å². The summed E-state index contributed by atoms with van der Waals surface area (Å²) in [6, 6.07) is 13.0. The zero-order valence-corrected chi connectivity index (χ0v) is 15.4. The van der Waals surface area contributed by atoms with Crippen LogP contribution >= 0.6 is 0 Å². The van der Waals surface area contributed by atoms with E-state index in [0.29, 0.717) is 22.9 Å². The lowest BCUT2D eigenvalue weighted by atomic mass is 10.1. The van der Waals surface area contributed by atoms with Crippen LogP contribution in [0.15, 0.2) is 48.8 Å². The molecule has 2 aromatic carbocycles. The number of methoxy groups -OCH3 is 1. The van der Waals surface area contributed by atoms with Gasteiger partial charge in [-0.25, -0.2) is 14.8 Å². The summed E-state index contributed by atoms with van der Waals surface area (Å²) in [4.78, 5) is 20.0. The van der Waals surface area contributed by atoms with Gasteiger partial charge < -0.3 is 21.1 Å². The molecule has 0 saturated heterocycles. The molecule has 0 aliphatic rings. The molecule has 0 unspecified atom stereocenters. The first kappa shape index (κ1) is 18.2. The second kappa shape index (κ2) is 7.74. The molecular weight excluding hydrogens is 342 g/mol. The Bertz CT molecular complexity index is 971. The first-order chi connectivity index (χ1) is 13.0.